The van der Waals surface area contributed by atoms with Crippen molar-refractivity contribution in [1.82, 2.24) is 0 Å². The predicted octanol–water partition coefficient (Wildman–Crippen LogP) is 5.50. The van der Waals surface area contributed by atoms with E-state index in [2.05, 4.69) is 4.99 Å². The second-order valence-corrected chi connectivity index (χ2v) is 7.19. The summed E-state index contributed by atoms with van der Waals surface area (Å²) in [5.74, 6) is 0.133. The average Bonchev–Trinajstić information content (AvgIpc) is 3.02. The van der Waals surface area contributed by atoms with Crippen LogP contribution >= 0.6 is 23.4 Å². The maximum atomic E-state index is 13.0. The smallest absolute Gasteiger partial charge is 0.268 e. The van der Waals surface area contributed by atoms with E-state index in [9.17, 15) is 18.0 Å². The molecule has 0 aliphatic carbocycles. The average molecular weight is 399 g/mol. The zero-order valence-corrected chi connectivity index (χ0v) is 15.2. The first kappa shape index (κ1) is 18.8. The molecule has 8 heteroatoms. The quantitative estimate of drug-likeness (QED) is 0.669. The Morgan fingerprint density at radius 2 is 1.92 bits per heavy atom. The number of nitrogens with zero attached hydrogens (tertiary/aromatic N) is 2. The Hall–Kier alpha value is -1.99. The van der Waals surface area contributed by atoms with Gasteiger partial charge in [-0.3, -0.25) is 14.7 Å². The van der Waals surface area contributed by atoms with Gasteiger partial charge in [0.2, 0.25) is 0 Å². The summed E-state index contributed by atoms with van der Waals surface area (Å²) in [4.78, 5) is 18.8. The first-order chi connectivity index (χ1) is 12.3. The highest BCUT2D eigenvalue weighted by Crippen LogP contribution is 2.32. The molecule has 1 heterocycles. The third-order valence-corrected chi connectivity index (χ3v) is 5.15. The van der Waals surface area contributed by atoms with Crippen LogP contribution < -0.4 is 4.90 Å². The molecule has 0 aromatic heterocycles. The minimum atomic E-state index is -4.52. The first-order valence-corrected chi connectivity index (χ1v) is 9.10. The lowest BCUT2D eigenvalue weighted by atomic mass is 10.1. The number of halogens is 4. The summed E-state index contributed by atoms with van der Waals surface area (Å²) in [6.45, 7) is 1.91. The molecule has 2 aromatic rings. The van der Waals surface area contributed by atoms with Gasteiger partial charge in [-0.15, -0.1) is 0 Å². The van der Waals surface area contributed by atoms with Gasteiger partial charge in [0.15, 0.2) is 5.17 Å². The van der Waals surface area contributed by atoms with E-state index in [1.54, 1.807) is 24.3 Å². The lowest BCUT2D eigenvalue weighted by Crippen LogP contribution is -2.34. The molecule has 26 heavy (non-hydrogen) atoms. The van der Waals surface area contributed by atoms with Crippen LogP contribution in [0.4, 0.5) is 18.9 Å². The molecule has 0 saturated carbocycles. The molecule has 3 nitrogen and oxygen atoms in total. The molecule has 0 saturated heterocycles. The summed E-state index contributed by atoms with van der Waals surface area (Å²) < 4.78 is 39.0. The SMILES string of the molecule is C[C@H]1CSC(N(C(=O)c2cccc(C(F)(F)F)c2)c2ccc(Cl)cc2)=N1. The van der Waals surface area contributed by atoms with Gasteiger partial charge < -0.3 is 0 Å². The van der Waals surface area contributed by atoms with Gasteiger partial charge in [-0.1, -0.05) is 29.4 Å². The Labute approximate surface area is 157 Å². The normalized spacial score (nSPS) is 17.1. The van der Waals surface area contributed by atoms with E-state index < -0.39 is 17.6 Å². The van der Waals surface area contributed by atoms with Crippen LogP contribution in [0.3, 0.4) is 0 Å². The first-order valence-electron chi connectivity index (χ1n) is 7.73. The highest BCUT2D eigenvalue weighted by Gasteiger charge is 2.33. The Balaban J connectivity index is 2.03. The summed E-state index contributed by atoms with van der Waals surface area (Å²) in [5, 5.41) is 0.955. The number of amidine groups is 1. The Morgan fingerprint density at radius 3 is 2.50 bits per heavy atom. The van der Waals surface area contributed by atoms with Gasteiger partial charge in [0.25, 0.3) is 5.91 Å². The van der Waals surface area contributed by atoms with Crippen molar-refractivity contribution >= 4 is 40.1 Å². The van der Waals surface area contributed by atoms with E-state index in [0.717, 1.165) is 12.1 Å². The van der Waals surface area contributed by atoms with Crippen LogP contribution in [0, 0.1) is 0 Å². The maximum absolute atomic E-state index is 13.0. The van der Waals surface area contributed by atoms with E-state index >= 15 is 0 Å². The van der Waals surface area contributed by atoms with E-state index in [-0.39, 0.29) is 11.6 Å². The van der Waals surface area contributed by atoms with Crippen molar-refractivity contribution in [2.45, 2.75) is 19.1 Å². The molecule has 0 N–H and O–H groups in total. The summed E-state index contributed by atoms with van der Waals surface area (Å²) in [6, 6.07) is 10.9. The standard InChI is InChI=1S/C18H14ClF3N2OS/c1-11-10-26-17(23-11)24(15-7-5-14(19)6-8-15)16(25)12-3-2-4-13(9-12)18(20,21)22/h2-9,11H,10H2,1H3/t11-/m0/s1. The van der Waals surface area contributed by atoms with Crippen molar-refractivity contribution in [3.8, 4) is 0 Å². The van der Waals surface area contributed by atoms with Gasteiger partial charge in [0, 0.05) is 16.3 Å². The molecule has 0 unspecified atom stereocenters. The van der Waals surface area contributed by atoms with Crippen LogP contribution in [0.15, 0.2) is 53.5 Å². The number of carbonyl (C=O) groups excluding carboxylic acids is 1. The van der Waals surface area contributed by atoms with Crippen LogP contribution in [0.25, 0.3) is 0 Å². The van der Waals surface area contributed by atoms with Gasteiger partial charge in [-0.25, -0.2) is 0 Å². The topological polar surface area (TPSA) is 32.7 Å². The van der Waals surface area contributed by atoms with E-state index in [4.69, 9.17) is 11.6 Å². The molecule has 1 amide bonds. The van der Waals surface area contributed by atoms with Crippen LogP contribution in [0.1, 0.15) is 22.8 Å². The summed E-state index contributed by atoms with van der Waals surface area (Å²) in [5.41, 5.74) is -0.427. The molecule has 136 valence electrons. The minimum absolute atomic E-state index is 0.0270. The summed E-state index contributed by atoms with van der Waals surface area (Å²) >= 11 is 7.29. The van der Waals surface area contributed by atoms with Crippen molar-refractivity contribution in [2.75, 3.05) is 10.7 Å². The number of anilines is 1. The van der Waals surface area contributed by atoms with E-state index in [1.807, 2.05) is 6.92 Å². The molecule has 0 radical (unpaired) electrons. The number of benzene rings is 2. The molecule has 1 aliphatic rings. The van der Waals surface area contributed by atoms with Crippen LogP contribution in [-0.4, -0.2) is 22.9 Å². The number of carbonyl (C=O) groups is 1. The number of alkyl halides is 3. The number of thioether (sulfide) groups is 1. The molecule has 3 rings (SSSR count). The Bertz CT molecular complexity index is 852. The van der Waals surface area contributed by atoms with Gasteiger partial charge in [-0.2, -0.15) is 13.2 Å². The van der Waals surface area contributed by atoms with Crippen molar-refractivity contribution < 1.29 is 18.0 Å². The lowest BCUT2D eigenvalue weighted by Gasteiger charge is -2.22. The molecule has 0 fully saturated rings. The van der Waals surface area contributed by atoms with Crippen LogP contribution in [0.2, 0.25) is 5.02 Å². The van der Waals surface area contributed by atoms with E-state index in [0.29, 0.717) is 21.6 Å². The monoisotopic (exact) mass is 398 g/mol. The summed E-state index contributed by atoms with van der Waals surface area (Å²) in [6.07, 6.45) is -4.52. The van der Waals surface area contributed by atoms with Crippen molar-refractivity contribution in [3.63, 3.8) is 0 Å². The molecule has 1 aliphatic heterocycles. The third-order valence-electron chi connectivity index (χ3n) is 3.70. The fourth-order valence-corrected chi connectivity index (χ4v) is 3.61. The fraction of sp³-hybridized carbons (Fsp3) is 0.222. The van der Waals surface area contributed by atoms with Gasteiger partial charge in [0.05, 0.1) is 17.3 Å². The Kier molecular flexibility index (Phi) is 5.29. The highest BCUT2D eigenvalue weighted by atomic mass is 35.5. The van der Waals surface area contributed by atoms with Crippen molar-refractivity contribution in [2.24, 2.45) is 4.99 Å². The van der Waals surface area contributed by atoms with Gasteiger partial charge in [-0.05, 0) is 49.4 Å². The number of hydrogen-bond donors (Lipinski definition) is 0. The van der Waals surface area contributed by atoms with E-state index in [1.165, 1.54) is 28.8 Å². The largest absolute Gasteiger partial charge is 0.416 e. The zero-order chi connectivity index (χ0) is 18.9. The Morgan fingerprint density at radius 1 is 1.23 bits per heavy atom. The third kappa shape index (κ3) is 4.04. The van der Waals surface area contributed by atoms with Gasteiger partial charge >= 0.3 is 6.18 Å². The number of rotatable bonds is 2. The van der Waals surface area contributed by atoms with Gasteiger partial charge in [0.1, 0.15) is 0 Å². The minimum Gasteiger partial charge on any atom is -0.268 e. The highest BCUT2D eigenvalue weighted by molar-refractivity contribution is 8.14. The maximum Gasteiger partial charge on any atom is 0.416 e. The molecular formula is C18H14ClF3N2OS. The molecule has 0 spiro atoms. The number of amides is 1. The number of aliphatic imine (C=N–C) groups is 1. The number of hydrogen-bond acceptors (Lipinski definition) is 3. The second kappa shape index (κ2) is 7.32. The van der Waals surface area contributed by atoms with Crippen LogP contribution in [-0.2, 0) is 6.18 Å². The van der Waals surface area contributed by atoms with Crippen molar-refractivity contribution in [1.29, 1.82) is 0 Å². The van der Waals surface area contributed by atoms with Crippen LogP contribution in [0.5, 0.6) is 0 Å². The molecular weight excluding hydrogens is 385 g/mol. The zero-order valence-electron chi connectivity index (χ0n) is 13.6. The summed E-state index contributed by atoms with van der Waals surface area (Å²) in [7, 11) is 0. The fourth-order valence-electron chi connectivity index (χ4n) is 2.44. The predicted molar refractivity (Wildman–Crippen MR) is 99.1 cm³/mol. The molecule has 0 bridgehead atoms. The molecule has 1 atom stereocenters. The second-order valence-electron chi connectivity index (χ2n) is 5.77. The molecule has 2 aromatic carbocycles. The lowest BCUT2D eigenvalue weighted by molar-refractivity contribution is -0.137. The van der Waals surface area contributed by atoms with Crippen molar-refractivity contribution in [3.05, 3.63) is 64.7 Å².